The Morgan fingerprint density at radius 2 is 0.889 bits per heavy atom. The summed E-state index contributed by atoms with van der Waals surface area (Å²) in [4.78, 5) is 10.1. The minimum Gasteiger partial charge on any atom is -0.303 e. The highest BCUT2D eigenvalue weighted by Crippen LogP contribution is 2.12. The number of aldehydes is 1. The fourth-order valence-corrected chi connectivity index (χ4v) is 2.51. The molecule has 18 heavy (non-hydrogen) atoms. The van der Waals surface area contributed by atoms with Crippen molar-refractivity contribution in [2.24, 2.45) is 0 Å². The molecule has 0 atom stereocenters. The van der Waals surface area contributed by atoms with Crippen molar-refractivity contribution in [1.82, 2.24) is 0 Å². The molecule has 0 saturated heterocycles. The maximum absolute atomic E-state index is 10.1. The van der Waals surface area contributed by atoms with Gasteiger partial charge in [-0.15, -0.1) is 0 Å². The second kappa shape index (κ2) is 17.0. The molecule has 0 aromatic rings. The smallest absolute Gasteiger partial charge is 0.119 e. The van der Waals surface area contributed by atoms with Gasteiger partial charge in [0.15, 0.2) is 0 Å². The van der Waals surface area contributed by atoms with Gasteiger partial charge >= 0.3 is 0 Å². The third-order valence-electron chi connectivity index (χ3n) is 3.48. The Kier molecular flexibility index (Phi) is 17.0. The van der Waals surface area contributed by atoms with Crippen molar-refractivity contribution >= 4 is 18.9 Å². The van der Waals surface area contributed by atoms with E-state index in [2.05, 4.69) is 12.6 Å². The largest absolute Gasteiger partial charge is 0.303 e. The van der Waals surface area contributed by atoms with E-state index in [0.717, 1.165) is 24.9 Å². The molecule has 0 bridgehead atoms. The Hall–Kier alpha value is 0.0200. The third-order valence-corrected chi connectivity index (χ3v) is 3.80. The molecule has 2 heteroatoms. The van der Waals surface area contributed by atoms with Crippen LogP contribution in [0.2, 0.25) is 0 Å². The van der Waals surface area contributed by atoms with Crippen LogP contribution in [0.15, 0.2) is 0 Å². The van der Waals surface area contributed by atoms with Crippen molar-refractivity contribution in [2.45, 2.75) is 89.9 Å². The molecule has 0 aliphatic carbocycles. The summed E-state index contributed by atoms with van der Waals surface area (Å²) in [6.45, 7) is 0. The summed E-state index contributed by atoms with van der Waals surface area (Å²) in [5.41, 5.74) is 0. The molecule has 0 fully saturated rings. The van der Waals surface area contributed by atoms with E-state index >= 15 is 0 Å². The first kappa shape index (κ1) is 18.0. The first-order valence-corrected chi connectivity index (χ1v) is 8.59. The van der Waals surface area contributed by atoms with Crippen molar-refractivity contribution in [3.8, 4) is 0 Å². The molecule has 0 unspecified atom stereocenters. The summed E-state index contributed by atoms with van der Waals surface area (Å²) in [6.07, 6.45) is 19.3. The van der Waals surface area contributed by atoms with Crippen molar-refractivity contribution in [3.63, 3.8) is 0 Å². The minimum atomic E-state index is 0.757. The Balaban J connectivity index is 2.88. The highest BCUT2D eigenvalue weighted by atomic mass is 32.1. The summed E-state index contributed by atoms with van der Waals surface area (Å²) in [7, 11) is 0. The highest BCUT2D eigenvalue weighted by Gasteiger charge is 1.93. The van der Waals surface area contributed by atoms with Crippen LogP contribution in [-0.4, -0.2) is 12.0 Å². The maximum atomic E-state index is 10.1. The second-order valence-electron chi connectivity index (χ2n) is 5.28. The van der Waals surface area contributed by atoms with Gasteiger partial charge in [-0.1, -0.05) is 70.6 Å². The van der Waals surface area contributed by atoms with Gasteiger partial charge in [0, 0.05) is 6.42 Å². The maximum Gasteiger partial charge on any atom is 0.119 e. The molecule has 108 valence electrons. The van der Waals surface area contributed by atoms with E-state index in [0.29, 0.717) is 0 Å². The fraction of sp³-hybridized carbons (Fsp3) is 0.938. The lowest BCUT2D eigenvalue weighted by molar-refractivity contribution is -0.107. The molecule has 0 aromatic carbocycles. The van der Waals surface area contributed by atoms with Crippen LogP contribution < -0.4 is 0 Å². The second-order valence-corrected chi connectivity index (χ2v) is 5.72. The molecule has 0 heterocycles. The normalized spacial score (nSPS) is 10.7. The lowest BCUT2D eigenvalue weighted by atomic mass is 10.0. The number of unbranched alkanes of at least 4 members (excludes halogenated alkanes) is 13. The number of rotatable bonds is 15. The lowest BCUT2D eigenvalue weighted by Gasteiger charge is -2.02. The molecule has 0 radical (unpaired) electrons. The SMILES string of the molecule is O=CCCCCCCCCCCCCCCCS. The number of hydrogen-bond donors (Lipinski definition) is 1. The fourth-order valence-electron chi connectivity index (χ4n) is 2.28. The van der Waals surface area contributed by atoms with E-state index in [1.54, 1.807) is 0 Å². The third kappa shape index (κ3) is 16.0. The van der Waals surface area contributed by atoms with Gasteiger partial charge in [-0.25, -0.2) is 0 Å². The summed E-state index contributed by atoms with van der Waals surface area (Å²) < 4.78 is 0. The van der Waals surface area contributed by atoms with Crippen molar-refractivity contribution in [1.29, 1.82) is 0 Å². The van der Waals surface area contributed by atoms with Crippen LogP contribution in [0, 0.1) is 0 Å². The van der Waals surface area contributed by atoms with Gasteiger partial charge in [0.2, 0.25) is 0 Å². The quantitative estimate of drug-likeness (QED) is 0.234. The van der Waals surface area contributed by atoms with E-state index in [-0.39, 0.29) is 0 Å². The van der Waals surface area contributed by atoms with Gasteiger partial charge in [0.1, 0.15) is 6.29 Å². The molecule has 0 N–H and O–H groups in total. The first-order chi connectivity index (χ1) is 8.91. The molecule has 0 aliphatic heterocycles. The molecule has 0 rings (SSSR count). The van der Waals surface area contributed by atoms with E-state index in [1.165, 1.54) is 77.0 Å². The van der Waals surface area contributed by atoms with Crippen LogP contribution in [-0.2, 0) is 4.79 Å². The average Bonchev–Trinajstić information content (AvgIpc) is 2.39. The molecule has 1 nitrogen and oxygen atoms in total. The number of thiol groups is 1. The molecular formula is C16H32OS. The van der Waals surface area contributed by atoms with Crippen molar-refractivity contribution < 1.29 is 4.79 Å². The summed E-state index contributed by atoms with van der Waals surface area (Å²) >= 11 is 4.22. The zero-order chi connectivity index (χ0) is 13.3. The Bertz CT molecular complexity index is 159. The van der Waals surface area contributed by atoms with E-state index < -0.39 is 0 Å². The van der Waals surface area contributed by atoms with Gasteiger partial charge < -0.3 is 4.79 Å². The van der Waals surface area contributed by atoms with Crippen molar-refractivity contribution in [2.75, 3.05) is 5.75 Å². The van der Waals surface area contributed by atoms with Crippen molar-refractivity contribution in [3.05, 3.63) is 0 Å². The van der Waals surface area contributed by atoms with Gasteiger partial charge in [-0.05, 0) is 18.6 Å². The van der Waals surface area contributed by atoms with Gasteiger partial charge in [-0.2, -0.15) is 12.6 Å². The van der Waals surface area contributed by atoms with Crippen LogP contribution in [0.4, 0.5) is 0 Å². The van der Waals surface area contributed by atoms with Crippen LogP contribution >= 0.6 is 12.6 Å². The summed E-state index contributed by atoms with van der Waals surface area (Å²) in [5, 5.41) is 0. The standard InChI is InChI=1S/C16H32OS/c17-15-13-11-9-7-5-3-1-2-4-6-8-10-12-14-16-18/h15,18H,1-14,16H2. The predicted molar refractivity (Wildman–Crippen MR) is 84.6 cm³/mol. The van der Waals surface area contributed by atoms with E-state index in [1.807, 2.05) is 0 Å². The van der Waals surface area contributed by atoms with Gasteiger partial charge in [0.25, 0.3) is 0 Å². The molecular weight excluding hydrogens is 240 g/mol. The topological polar surface area (TPSA) is 17.1 Å². The van der Waals surface area contributed by atoms with Crippen LogP contribution in [0.1, 0.15) is 89.9 Å². The van der Waals surface area contributed by atoms with Crippen LogP contribution in [0.5, 0.6) is 0 Å². The Morgan fingerprint density at radius 1 is 0.556 bits per heavy atom. The Labute approximate surface area is 120 Å². The zero-order valence-electron chi connectivity index (χ0n) is 12.0. The Morgan fingerprint density at radius 3 is 1.22 bits per heavy atom. The number of carbonyl (C=O) groups is 1. The van der Waals surface area contributed by atoms with Crippen LogP contribution in [0.3, 0.4) is 0 Å². The lowest BCUT2D eigenvalue weighted by Crippen LogP contribution is -1.83. The van der Waals surface area contributed by atoms with E-state index in [9.17, 15) is 4.79 Å². The van der Waals surface area contributed by atoms with Crippen LogP contribution in [0.25, 0.3) is 0 Å². The van der Waals surface area contributed by atoms with Gasteiger partial charge in [0.05, 0.1) is 0 Å². The predicted octanol–water partition coefficient (Wildman–Crippen LogP) is 5.58. The average molecular weight is 272 g/mol. The molecule has 0 amide bonds. The number of carbonyl (C=O) groups excluding carboxylic acids is 1. The minimum absolute atomic E-state index is 0.757. The summed E-state index contributed by atoms with van der Waals surface area (Å²) in [5.74, 6) is 1.05. The van der Waals surface area contributed by atoms with Gasteiger partial charge in [-0.3, -0.25) is 0 Å². The summed E-state index contributed by atoms with van der Waals surface area (Å²) in [6, 6.07) is 0. The monoisotopic (exact) mass is 272 g/mol. The highest BCUT2D eigenvalue weighted by molar-refractivity contribution is 7.80. The number of hydrogen-bond acceptors (Lipinski definition) is 2. The zero-order valence-corrected chi connectivity index (χ0v) is 12.9. The molecule has 0 aromatic heterocycles. The molecule has 0 saturated carbocycles. The molecule has 0 spiro atoms. The first-order valence-electron chi connectivity index (χ1n) is 7.96. The van der Waals surface area contributed by atoms with E-state index in [4.69, 9.17) is 0 Å². The molecule has 0 aliphatic rings.